The first-order chi connectivity index (χ1) is 16.5. The summed E-state index contributed by atoms with van der Waals surface area (Å²) in [6.07, 6.45) is 3.66. The smallest absolute Gasteiger partial charge is 0.264 e. The van der Waals surface area contributed by atoms with Crippen LogP contribution in [0.4, 0.5) is 8.78 Å². The van der Waals surface area contributed by atoms with Crippen LogP contribution < -0.4 is 15.8 Å². The second kappa shape index (κ2) is 10.8. The van der Waals surface area contributed by atoms with Crippen molar-refractivity contribution >= 4 is 15.7 Å². The van der Waals surface area contributed by atoms with Crippen molar-refractivity contribution in [1.29, 1.82) is 0 Å². The summed E-state index contributed by atoms with van der Waals surface area (Å²) in [5, 5.41) is 0. The number of hydrogen-bond donors (Lipinski definition) is 1. The number of amides is 1. The second-order valence-electron chi connectivity index (χ2n) is 8.49. The van der Waals surface area contributed by atoms with Gasteiger partial charge in [-0.3, -0.25) is 9.59 Å². The Bertz CT molecular complexity index is 1240. The number of carbonyl (C=O) groups excluding carboxylic acids is 1. The van der Waals surface area contributed by atoms with Crippen molar-refractivity contribution < 1.29 is 36.3 Å². The number of nitrogens with one attached hydrogen (secondary N) is 1. The van der Waals surface area contributed by atoms with Crippen molar-refractivity contribution in [3.8, 4) is 16.9 Å². The van der Waals surface area contributed by atoms with Gasteiger partial charge < -0.3 is 14.0 Å². The monoisotopic (exact) mass is 514 g/mol. The molecule has 1 aliphatic heterocycles. The van der Waals surface area contributed by atoms with E-state index in [1.807, 2.05) is 0 Å². The van der Waals surface area contributed by atoms with Crippen molar-refractivity contribution in [2.75, 3.05) is 20.0 Å². The largest absolute Gasteiger partial charge is 0.494 e. The highest BCUT2D eigenvalue weighted by molar-refractivity contribution is 7.92. The van der Waals surface area contributed by atoms with Gasteiger partial charge in [0, 0.05) is 43.7 Å². The molecule has 1 aromatic carbocycles. The summed E-state index contributed by atoms with van der Waals surface area (Å²) in [6.45, 7) is 1.60. The Morgan fingerprint density at radius 1 is 1.26 bits per heavy atom. The fraction of sp³-hybridized carbons (Fsp3) is 0.478. The van der Waals surface area contributed by atoms with Crippen LogP contribution in [0.2, 0.25) is 0 Å². The molecule has 1 saturated heterocycles. The maximum Gasteiger partial charge on any atom is 0.264 e. The Hall–Kier alpha value is -2.83. The van der Waals surface area contributed by atoms with E-state index >= 15 is 0 Å². The fourth-order valence-electron chi connectivity index (χ4n) is 3.60. The van der Waals surface area contributed by atoms with Crippen LogP contribution in [-0.4, -0.2) is 49.9 Å². The number of pyridine rings is 1. The average molecular weight is 515 g/mol. The minimum atomic E-state index is -3.92. The highest BCUT2D eigenvalue weighted by Crippen LogP contribution is 2.29. The molecule has 1 aromatic heterocycles. The predicted octanol–water partition coefficient (Wildman–Crippen LogP) is 2.57. The van der Waals surface area contributed by atoms with Gasteiger partial charge >= 0.3 is 0 Å². The number of halogens is 2. The molecule has 1 unspecified atom stereocenters. The highest BCUT2D eigenvalue weighted by atomic mass is 32.2. The van der Waals surface area contributed by atoms with Gasteiger partial charge in [0.1, 0.15) is 0 Å². The Kier molecular flexibility index (Phi) is 8.29. The molecule has 12 heteroatoms. The SMILES string of the molecule is COc1ccc(-c2ccn(CC[C@](C)(C(=O)NOC3CCCCO3)S(C)(=O)=O)c(=O)c2)c(F)c1F. The van der Waals surface area contributed by atoms with Crippen LogP contribution >= 0.6 is 0 Å². The summed E-state index contributed by atoms with van der Waals surface area (Å²) >= 11 is 0. The lowest BCUT2D eigenvalue weighted by atomic mass is 10.0. The average Bonchev–Trinajstić information content (AvgIpc) is 2.83. The number of aromatic nitrogens is 1. The minimum Gasteiger partial charge on any atom is -0.494 e. The van der Waals surface area contributed by atoms with E-state index in [1.165, 1.54) is 43.0 Å². The summed E-state index contributed by atoms with van der Waals surface area (Å²) in [4.78, 5) is 30.6. The van der Waals surface area contributed by atoms with Gasteiger partial charge in [0.15, 0.2) is 32.4 Å². The van der Waals surface area contributed by atoms with Gasteiger partial charge in [0.2, 0.25) is 5.82 Å². The molecule has 1 N–H and O–H groups in total. The Balaban J connectivity index is 1.76. The third kappa shape index (κ3) is 5.88. The molecular weight excluding hydrogens is 486 g/mol. The number of aryl methyl sites for hydroxylation is 1. The summed E-state index contributed by atoms with van der Waals surface area (Å²) in [5.41, 5.74) is 1.61. The Morgan fingerprint density at radius 3 is 2.60 bits per heavy atom. The molecule has 192 valence electrons. The molecule has 2 heterocycles. The zero-order valence-electron chi connectivity index (χ0n) is 19.7. The molecule has 1 aliphatic rings. The normalized spacial score (nSPS) is 18.0. The van der Waals surface area contributed by atoms with Gasteiger partial charge in [-0.25, -0.2) is 23.1 Å². The molecule has 0 saturated carbocycles. The van der Waals surface area contributed by atoms with Crippen LogP contribution in [0, 0.1) is 11.6 Å². The van der Waals surface area contributed by atoms with E-state index in [2.05, 4.69) is 5.48 Å². The standard InChI is InChI=1S/C23H28F2N2O7S/c1-23(35(3,30)31,22(29)26-34-19-6-4-5-13-33-19)10-12-27-11-9-15(14-18(27)28)16-7-8-17(32-2)21(25)20(16)24/h7-9,11,14,19H,4-6,10,12-13H2,1-3H3,(H,26,29)/t19?,23-/m1/s1. The molecule has 3 rings (SSSR count). The second-order valence-corrected chi connectivity index (χ2v) is 10.9. The van der Waals surface area contributed by atoms with Gasteiger partial charge in [-0.15, -0.1) is 0 Å². The zero-order valence-corrected chi connectivity index (χ0v) is 20.5. The molecular formula is C23H28F2N2O7S. The van der Waals surface area contributed by atoms with Crippen molar-refractivity contribution in [3.05, 3.63) is 52.5 Å². The molecule has 9 nitrogen and oxygen atoms in total. The number of rotatable bonds is 9. The van der Waals surface area contributed by atoms with Crippen molar-refractivity contribution in [3.63, 3.8) is 0 Å². The van der Waals surface area contributed by atoms with E-state index in [0.717, 1.165) is 25.2 Å². The van der Waals surface area contributed by atoms with Crippen molar-refractivity contribution in [2.24, 2.45) is 0 Å². The summed E-state index contributed by atoms with van der Waals surface area (Å²) in [7, 11) is -2.71. The number of hydrogen-bond acceptors (Lipinski definition) is 7. The molecule has 0 bridgehead atoms. The Labute approximate surface area is 201 Å². The number of ether oxygens (including phenoxy) is 2. The van der Waals surface area contributed by atoms with Gasteiger partial charge in [0.25, 0.3) is 11.5 Å². The van der Waals surface area contributed by atoms with Crippen LogP contribution in [0.5, 0.6) is 5.75 Å². The van der Waals surface area contributed by atoms with E-state index in [4.69, 9.17) is 14.3 Å². The van der Waals surface area contributed by atoms with Gasteiger partial charge in [0.05, 0.1) is 7.11 Å². The quantitative estimate of drug-likeness (QED) is 0.512. The van der Waals surface area contributed by atoms with Gasteiger partial charge in [-0.05, 0) is 49.9 Å². The number of methoxy groups -OCH3 is 1. The fourth-order valence-corrected chi connectivity index (χ4v) is 4.45. The number of hydroxylamine groups is 1. The molecule has 35 heavy (non-hydrogen) atoms. The summed E-state index contributed by atoms with van der Waals surface area (Å²) in [6, 6.07) is 5.03. The van der Waals surface area contributed by atoms with Crippen LogP contribution in [0.15, 0.2) is 35.3 Å². The first-order valence-corrected chi connectivity index (χ1v) is 12.9. The summed E-state index contributed by atoms with van der Waals surface area (Å²) < 4.78 is 62.8. The predicted molar refractivity (Wildman–Crippen MR) is 123 cm³/mol. The molecule has 0 radical (unpaired) electrons. The molecule has 0 aliphatic carbocycles. The topological polar surface area (TPSA) is 113 Å². The number of nitrogens with zero attached hydrogens (tertiary/aromatic N) is 1. The molecule has 2 atom stereocenters. The number of sulfone groups is 1. The van der Waals surface area contributed by atoms with Crippen LogP contribution in [-0.2, 0) is 30.8 Å². The van der Waals surface area contributed by atoms with Gasteiger partial charge in [-0.2, -0.15) is 4.39 Å². The van der Waals surface area contributed by atoms with Crippen molar-refractivity contribution in [1.82, 2.24) is 10.0 Å². The van der Waals surface area contributed by atoms with E-state index < -0.39 is 44.0 Å². The number of benzene rings is 1. The van der Waals surface area contributed by atoms with Crippen LogP contribution in [0.3, 0.4) is 0 Å². The third-order valence-electron chi connectivity index (χ3n) is 6.12. The third-order valence-corrected chi connectivity index (χ3v) is 8.15. The molecule has 1 amide bonds. The zero-order chi connectivity index (χ0) is 25.8. The lowest BCUT2D eigenvalue weighted by molar-refractivity contribution is -0.201. The maximum atomic E-state index is 14.4. The first kappa shape index (κ1) is 26.8. The first-order valence-electron chi connectivity index (χ1n) is 11.0. The van der Waals surface area contributed by atoms with E-state index in [0.29, 0.717) is 13.0 Å². The maximum absolute atomic E-state index is 14.4. The highest BCUT2D eigenvalue weighted by Gasteiger charge is 2.44. The van der Waals surface area contributed by atoms with Gasteiger partial charge in [-0.1, -0.05) is 0 Å². The molecule has 1 fully saturated rings. The van der Waals surface area contributed by atoms with E-state index in [-0.39, 0.29) is 29.8 Å². The van der Waals surface area contributed by atoms with E-state index in [1.54, 1.807) is 0 Å². The van der Waals surface area contributed by atoms with Crippen molar-refractivity contribution in [2.45, 2.75) is 50.2 Å². The van der Waals surface area contributed by atoms with Crippen LogP contribution in [0.1, 0.15) is 32.6 Å². The molecule has 0 spiro atoms. The van der Waals surface area contributed by atoms with Crippen LogP contribution in [0.25, 0.3) is 11.1 Å². The lowest BCUT2D eigenvalue weighted by Crippen LogP contribution is -2.51. The molecule has 2 aromatic rings. The Morgan fingerprint density at radius 2 is 2.00 bits per heavy atom. The van der Waals surface area contributed by atoms with E-state index in [9.17, 15) is 26.8 Å². The number of carbonyl (C=O) groups is 1. The minimum absolute atomic E-state index is 0.129. The lowest BCUT2D eigenvalue weighted by Gasteiger charge is -2.28. The summed E-state index contributed by atoms with van der Waals surface area (Å²) in [5.74, 6) is -3.48.